The first kappa shape index (κ1) is 13.3. The molecule has 0 heterocycles. The summed E-state index contributed by atoms with van der Waals surface area (Å²) in [7, 11) is 0. The third kappa shape index (κ3) is 2.99. The highest BCUT2D eigenvalue weighted by Gasteiger charge is 2.12. The third-order valence-electron chi connectivity index (χ3n) is 2.95. The molecule has 0 radical (unpaired) electrons. The van der Waals surface area contributed by atoms with Crippen LogP contribution in [-0.2, 0) is 6.42 Å². The van der Waals surface area contributed by atoms with Crippen molar-refractivity contribution in [1.29, 1.82) is 0 Å². The number of aromatic hydroxyl groups is 1. The summed E-state index contributed by atoms with van der Waals surface area (Å²) in [5.41, 5.74) is 2.69. The number of benzene rings is 2. The number of ether oxygens (including phenoxy) is 1. The fourth-order valence-corrected chi connectivity index (χ4v) is 2.05. The summed E-state index contributed by atoms with van der Waals surface area (Å²) in [5, 5.41) is 13.3. The first-order valence-electron chi connectivity index (χ1n) is 6.56. The molecule has 0 spiro atoms. The maximum Gasteiger partial charge on any atom is 0.143 e. The number of rotatable bonds is 5. The number of phenols is 1. The number of anilines is 2. The van der Waals surface area contributed by atoms with Crippen molar-refractivity contribution in [2.75, 3.05) is 11.9 Å². The highest BCUT2D eigenvalue weighted by atomic mass is 16.5. The van der Waals surface area contributed by atoms with Crippen LogP contribution < -0.4 is 10.1 Å². The largest absolute Gasteiger partial charge is 0.508 e. The van der Waals surface area contributed by atoms with Gasteiger partial charge < -0.3 is 15.2 Å². The molecule has 2 N–H and O–H groups in total. The van der Waals surface area contributed by atoms with Crippen LogP contribution in [0.2, 0.25) is 0 Å². The second-order valence-electron chi connectivity index (χ2n) is 4.21. The minimum atomic E-state index is 0.296. The third-order valence-corrected chi connectivity index (χ3v) is 2.95. The smallest absolute Gasteiger partial charge is 0.143 e. The maximum atomic E-state index is 9.97. The van der Waals surface area contributed by atoms with Crippen molar-refractivity contribution in [2.24, 2.45) is 0 Å². The minimum Gasteiger partial charge on any atom is -0.508 e. The van der Waals surface area contributed by atoms with Gasteiger partial charge in [0.25, 0.3) is 0 Å². The van der Waals surface area contributed by atoms with Gasteiger partial charge in [0.15, 0.2) is 0 Å². The lowest BCUT2D eigenvalue weighted by atomic mass is 10.1. The van der Waals surface area contributed by atoms with E-state index >= 15 is 0 Å². The van der Waals surface area contributed by atoms with Gasteiger partial charge >= 0.3 is 0 Å². The lowest BCUT2D eigenvalue weighted by Gasteiger charge is -2.17. The van der Waals surface area contributed by atoms with E-state index in [0.717, 1.165) is 29.1 Å². The second kappa shape index (κ2) is 6.14. The topological polar surface area (TPSA) is 41.5 Å². The van der Waals surface area contributed by atoms with E-state index in [2.05, 4.69) is 5.32 Å². The van der Waals surface area contributed by atoms with Gasteiger partial charge in [0.2, 0.25) is 0 Å². The first-order chi connectivity index (χ1) is 9.26. The fourth-order valence-electron chi connectivity index (χ4n) is 2.05. The predicted octanol–water partition coefficient (Wildman–Crippen LogP) is 4.10. The van der Waals surface area contributed by atoms with Crippen molar-refractivity contribution in [3.8, 4) is 11.5 Å². The number of para-hydroxylation sites is 1. The summed E-state index contributed by atoms with van der Waals surface area (Å²) in [6.45, 7) is 4.56. The van der Waals surface area contributed by atoms with Gasteiger partial charge in [-0.05, 0) is 37.6 Å². The first-order valence-corrected chi connectivity index (χ1v) is 6.56. The number of hydrogen-bond donors (Lipinski definition) is 2. The Morgan fingerprint density at radius 3 is 2.42 bits per heavy atom. The van der Waals surface area contributed by atoms with Crippen molar-refractivity contribution in [3.63, 3.8) is 0 Å². The molecule has 0 saturated heterocycles. The van der Waals surface area contributed by atoms with Gasteiger partial charge in [-0.1, -0.05) is 25.1 Å². The van der Waals surface area contributed by atoms with Gasteiger partial charge in [0.05, 0.1) is 12.3 Å². The SMILES string of the molecule is CCOc1ccc(O)c(CC)c1Nc1ccccc1. The average Bonchev–Trinajstić information content (AvgIpc) is 2.43. The van der Waals surface area contributed by atoms with E-state index in [1.807, 2.05) is 44.2 Å². The van der Waals surface area contributed by atoms with Gasteiger partial charge in [-0.3, -0.25) is 0 Å². The highest BCUT2D eigenvalue weighted by Crippen LogP contribution is 2.37. The van der Waals surface area contributed by atoms with Crippen LogP contribution in [0.5, 0.6) is 11.5 Å². The molecule has 0 fully saturated rings. The molecule has 0 atom stereocenters. The molecule has 0 aliphatic carbocycles. The monoisotopic (exact) mass is 257 g/mol. The lowest BCUT2D eigenvalue weighted by Crippen LogP contribution is -2.01. The summed E-state index contributed by atoms with van der Waals surface area (Å²) < 4.78 is 5.63. The van der Waals surface area contributed by atoms with Crippen molar-refractivity contribution < 1.29 is 9.84 Å². The van der Waals surface area contributed by atoms with Crippen molar-refractivity contribution in [1.82, 2.24) is 0 Å². The van der Waals surface area contributed by atoms with Crippen LogP contribution in [0.3, 0.4) is 0 Å². The van der Waals surface area contributed by atoms with E-state index in [-0.39, 0.29) is 0 Å². The molecule has 100 valence electrons. The fraction of sp³-hybridized carbons (Fsp3) is 0.250. The van der Waals surface area contributed by atoms with Gasteiger partial charge in [-0.2, -0.15) is 0 Å². The maximum absolute atomic E-state index is 9.97. The molecule has 0 amide bonds. The summed E-state index contributed by atoms with van der Waals surface area (Å²) in [5.74, 6) is 1.06. The molecule has 3 nitrogen and oxygen atoms in total. The Hall–Kier alpha value is -2.16. The second-order valence-corrected chi connectivity index (χ2v) is 4.21. The summed E-state index contributed by atoms with van der Waals surface area (Å²) in [6.07, 6.45) is 0.738. The van der Waals surface area contributed by atoms with E-state index < -0.39 is 0 Å². The van der Waals surface area contributed by atoms with Crippen LogP contribution in [0.15, 0.2) is 42.5 Å². The molecule has 3 heteroatoms. The summed E-state index contributed by atoms with van der Waals surface area (Å²) in [6, 6.07) is 13.4. The quantitative estimate of drug-likeness (QED) is 0.847. The van der Waals surface area contributed by atoms with E-state index in [0.29, 0.717) is 12.4 Å². The van der Waals surface area contributed by atoms with E-state index in [1.54, 1.807) is 12.1 Å². The average molecular weight is 257 g/mol. The van der Waals surface area contributed by atoms with Crippen LogP contribution in [0.1, 0.15) is 19.4 Å². The molecule has 0 unspecified atom stereocenters. The zero-order valence-corrected chi connectivity index (χ0v) is 11.3. The molecule has 0 aromatic heterocycles. The number of hydrogen-bond acceptors (Lipinski definition) is 3. The van der Waals surface area contributed by atoms with Gasteiger partial charge in [-0.15, -0.1) is 0 Å². The zero-order valence-electron chi connectivity index (χ0n) is 11.3. The normalized spacial score (nSPS) is 10.2. The van der Waals surface area contributed by atoms with Crippen molar-refractivity contribution >= 4 is 11.4 Å². The van der Waals surface area contributed by atoms with Gasteiger partial charge in [0, 0.05) is 11.3 Å². The molecule has 0 aliphatic heterocycles. The highest BCUT2D eigenvalue weighted by molar-refractivity contribution is 5.72. The standard InChI is InChI=1S/C16H19NO2/c1-3-13-14(18)10-11-15(19-4-2)16(13)17-12-8-6-5-7-9-12/h5-11,17-18H,3-4H2,1-2H3. The Balaban J connectivity index is 2.43. The Morgan fingerprint density at radius 2 is 1.79 bits per heavy atom. The molecule has 19 heavy (non-hydrogen) atoms. The Bertz CT molecular complexity index is 538. The predicted molar refractivity (Wildman–Crippen MR) is 78.4 cm³/mol. The van der Waals surface area contributed by atoms with Crippen molar-refractivity contribution in [2.45, 2.75) is 20.3 Å². The van der Waals surface area contributed by atoms with E-state index in [9.17, 15) is 5.11 Å². The van der Waals surface area contributed by atoms with Crippen LogP contribution in [-0.4, -0.2) is 11.7 Å². The summed E-state index contributed by atoms with van der Waals surface area (Å²) in [4.78, 5) is 0. The zero-order chi connectivity index (χ0) is 13.7. The number of nitrogens with one attached hydrogen (secondary N) is 1. The molecule has 2 aromatic carbocycles. The molecular weight excluding hydrogens is 238 g/mol. The van der Waals surface area contributed by atoms with Crippen LogP contribution in [0.4, 0.5) is 11.4 Å². The molecule has 2 rings (SSSR count). The Labute approximate surface area is 113 Å². The minimum absolute atomic E-state index is 0.296. The Kier molecular flexibility index (Phi) is 4.29. The molecule has 0 bridgehead atoms. The molecular formula is C16H19NO2. The molecule has 0 saturated carbocycles. The molecule has 2 aromatic rings. The lowest BCUT2D eigenvalue weighted by molar-refractivity contribution is 0.340. The van der Waals surface area contributed by atoms with Crippen LogP contribution >= 0.6 is 0 Å². The van der Waals surface area contributed by atoms with E-state index in [4.69, 9.17) is 4.74 Å². The van der Waals surface area contributed by atoms with Crippen LogP contribution in [0, 0.1) is 0 Å². The number of phenolic OH excluding ortho intramolecular Hbond substituents is 1. The van der Waals surface area contributed by atoms with Gasteiger partial charge in [0.1, 0.15) is 11.5 Å². The van der Waals surface area contributed by atoms with Gasteiger partial charge in [-0.25, -0.2) is 0 Å². The summed E-state index contributed by atoms with van der Waals surface area (Å²) >= 11 is 0. The van der Waals surface area contributed by atoms with Crippen molar-refractivity contribution in [3.05, 3.63) is 48.0 Å². The Morgan fingerprint density at radius 1 is 1.05 bits per heavy atom. The van der Waals surface area contributed by atoms with Crippen LogP contribution in [0.25, 0.3) is 0 Å². The van der Waals surface area contributed by atoms with E-state index in [1.165, 1.54) is 0 Å². The molecule has 0 aliphatic rings.